The number of amides is 3. The number of nitrogens with zero attached hydrogens (tertiary/aromatic N) is 1. The van der Waals surface area contributed by atoms with E-state index in [9.17, 15) is 22.4 Å². The predicted octanol–water partition coefficient (Wildman–Crippen LogP) is 2.33. The molecule has 1 aliphatic heterocycles. The molecule has 0 spiro atoms. The number of carbonyl (C=O) groups excluding carboxylic acids is 1. The number of hydrogen-bond donors (Lipinski definition) is 4. The molecule has 2 aliphatic rings. The number of benzene rings is 2. The number of sulfonamides is 1. The van der Waals surface area contributed by atoms with Crippen molar-refractivity contribution in [1.29, 1.82) is 0 Å². The Morgan fingerprint density at radius 3 is 2.53 bits per heavy atom. The van der Waals surface area contributed by atoms with Gasteiger partial charge in [0, 0.05) is 11.7 Å². The fraction of sp³-hybridized carbons (Fsp3) is 0.300. The quantitative estimate of drug-likeness (QED) is 0.518. The molecule has 10 nitrogen and oxygen atoms in total. The monoisotopic (exact) mass is 464 g/mol. The number of carbonyl (C=O) groups is 2. The van der Waals surface area contributed by atoms with Gasteiger partial charge in [0.2, 0.25) is 0 Å². The van der Waals surface area contributed by atoms with E-state index in [0.29, 0.717) is 0 Å². The first-order valence-electron chi connectivity index (χ1n) is 9.86. The number of anilines is 2. The van der Waals surface area contributed by atoms with E-state index >= 15 is 0 Å². The van der Waals surface area contributed by atoms with Crippen LogP contribution in [-0.4, -0.2) is 50.9 Å². The lowest BCUT2D eigenvalue weighted by Crippen LogP contribution is -2.50. The van der Waals surface area contributed by atoms with Crippen LogP contribution in [0.15, 0.2) is 47.4 Å². The highest BCUT2D eigenvalue weighted by molar-refractivity contribution is 7.92. The Kier molecular flexibility index (Phi) is 5.78. The zero-order valence-corrected chi connectivity index (χ0v) is 17.6. The van der Waals surface area contributed by atoms with Gasteiger partial charge in [-0.1, -0.05) is 0 Å². The summed E-state index contributed by atoms with van der Waals surface area (Å²) in [7, 11) is -4.13. The molecule has 2 aromatic carbocycles. The van der Waals surface area contributed by atoms with E-state index in [1.807, 2.05) is 0 Å². The molecule has 170 valence electrons. The van der Waals surface area contributed by atoms with Crippen LogP contribution < -0.4 is 25.0 Å². The maximum absolute atomic E-state index is 13.3. The third kappa shape index (κ3) is 4.85. The zero-order valence-electron chi connectivity index (χ0n) is 16.7. The Morgan fingerprint density at radius 1 is 1.16 bits per heavy atom. The van der Waals surface area contributed by atoms with Crippen molar-refractivity contribution in [2.24, 2.45) is 0 Å². The molecule has 32 heavy (non-hydrogen) atoms. The van der Waals surface area contributed by atoms with Crippen molar-refractivity contribution in [3.05, 3.63) is 48.3 Å². The van der Waals surface area contributed by atoms with Crippen LogP contribution in [0.4, 0.5) is 25.4 Å². The second-order valence-corrected chi connectivity index (χ2v) is 9.33. The van der Waals surface area contributed by atoms with Crippen LogP contribution in [0.5, 0.6) is 5.75 Å². The first-order chi connectivity index (χ1) is 15.2. The molecule has 0 bridgehead atoms. The molecule has 0 radical (unpaired) electrons. The van der Waals surface area contributed by atoms with Crippen molar-refractivity contribution in [3.8, 4) is 5.75 Å². The van der Waals surface area contributed by atoms with Gasteiger partial charge in [-0.05, 0) is 55.3 Å². The Balaban J connectivity index is 1.63. The largest absolute Gasteiger partial charge is 0.484 e. The molecule has 1 saturated carbocycles. The summed E-state index contributed by atoms with van der Waals surface area (Å²) < 4.78 is 46.9. The third-order valence-corrected chi connectivity index (χ3v) is 6.74. The summed E-state index contributed by atoms with van der Waals surface area (Å²) in [4.78, 5) is 22.8. The van der Waals surface area contributed by atoms with Gasteiger partial charge in [-0.15, -0.1) is 0 Å². The summed E-state index contributed by atoms with van der Waals surface area (Å²) in [5, 5.41) is 16.6. The average Bonchev–Trinajstić information content (AvgIpc) is 3.55. The summed E-state index contributed by atoms with van der Waals surface area (Å²) in [6.07, 6.45) is -0.159. The molecule has 1 fully saturated rings. The van der Waals surface area contributed by atoms with Crippen molar-refractivity contribution in [3.63, 3.8) is 0 Å². The van der Waals surface area contributed by atoms with Gasteiger partial charge in [-0.2, -0.15) is 0 Å². The number of carboxylic acid groups (broad SMARTS) is 1. The molecule has 1 unspecified atom stereocenters. The van der Waals surface area contributed by atoms with Crippen LogP contribution in [0.25, 0.3) is 0 Å². The molecule has 1 atom stereocenters. The van der Waals surface area contributed by atoms with Crippen molar-refractivity contribution in [2.45, 2.75) is 29.9 Å². The van der Waals surface area contributed by atoms with Crippen LogP contribution in [-0.2, 0) is 10.0 Å². The molecule has 1 heterocycles. The summed E-state index contributed by atoms with van der Waals surface area (Å²) in [5.41, 5.74) is 0.277. The average molecular weight is 464 g/mol. The van der Waals surface area contributed by atoms with Crippen molar-refractivity contribution >= 4 is 33.5 Å². The van der Waals surface area contributed by atoms with Gasteiger partial charge in [0.25, 0.3) is 10.0 Å². The Labute approximate surface area is 183 Å². The highest BCUT2D eigenvalue weighted by atomic mass is 32.2. The van der Waals surface area contributed by atoms with Crippen molar-refractivity contribution in [1.82, 2.24) is 10.6 Å². The minimum atomic E-state index is -4.13. The molecular formula is C20H21FN4O6S. The SMILES string of the molecule is O=C(O)Nc1ccc2c(c1)N(S(=O)(=O)c1ccc(F)cc1)CC(CNC(=O)NC1CC1)O2. The lowest BCUT2D eigenvalue weighted by atomic mass is 10.2. The molecule has 2 aromatic rings. The number of halogens is 1. The number of rotatable bonds is 6. The van der Waals surface area contributed by atoms with Gasteiger partial charge in [0.15, 0.2) is 0 Å². The summed E-state index contributed by atoms with van der Waals surface area (Å²) in [6.45, 7) is -0.102. The first-order valence-corrected chi connectivity index (χ1v) is 11.3. The highest BCUT2D eigenvalue weighted by Gasteiger charge is 2.35. The third-order valence-electron chi connectivity index (χ3n) is 4.95. The van der Waals surface area contributed by atoms with E-state index in [1.165, 1.54) is 18.2 Å². The first kappa shape index (κ1) is 21.7. The molecule has 3 amide bonds. The number of fused-ring (bicyclic) bond motifs is 1. The molecule has 12 heteroatoms. The fourth-order valence-electron chi connectivity index (χ4n) is 3.25. The van der Waals surface area contributed by atoms with Crippen LogP contribution in [0.3, 0.4) is 0 Å². The summed E-state index contributed by atoms with van der Waals surface area (Å²) in [6, 6.07) is 8.40. The van der Waals surface area contributed by atoms with Crippen LogP contribution in [0.2, 0.25) is 0 Å². The van der Waals surface area contributed by atoms with E-state index in [1.54, 1.807) is 0 Å². The second kappa shape index (κ2) is 8.54. The van der Waals surface area contributed by atoms with E-state index in [-0.39, 0.29) is 47.2 Å². The normalized spacial score (nSPS) is 17.7. The summed E-state index contributed by atoms with van der Waals surface area (Å²) >= 11 is 0. The van der Waals surface area contributed by atoms with E-state index in [0.717, 1.165) is 41.4 Å². The topological polar surface area (TPSA) is 137 Å². The van der Waals surface area contributed by atoms with Gasteiger partial charge in [-0.25, -0.2) is 22.4 Å². The highest BCUT2D eigenvalue weighted by Crippen LogP contribution is 2.39. The number of ether oxygens (including phenoxy) is 1. The number of nitrogens with one attached hydrogen (secondary N) is 3. The lowest BCUT2D eigenvalue weighted by molar-refractivity contribution is 0.192. The van der Waals surface area contributed by atoms with Gasteiger partial charge in [0.1, 0.15) is 17.7 Å². The van der Waals surface area contributed by atoms with E-state index < -0.39 is 28.0 Å². The minimum absolute atomic E-state index is 0.0442. The molecule has 0 aromatic heterocycles. The number of urea groups is 1. The molecule has 0 saturated heterocycles. The van der Waals surface area contributed by atoms with E-state index in [4.69, 9.17) is 9.84 Å². The van der Waals surface area contributed by atoms with Gasteiger partial charge < -0.3 is 20.5 Å². The van der Waals surface area contributed by atoms with Crippen LogP contribution in [0, 0.1) is 5.82 Å². The molecule has 1 aliphatic carbocycles. The van der Waals surface area contributed by atoms with Crippen molar-refractivity contribution in [2.75, 3.05) is 22.7 Å². The standard InChI is InChI=1S/C20H21FN4O6S/c21-12-1-6-16(7-2-12)32(29,30)25-11-15(10-22-19(26)23-13-3-4-13)31-18-8-5-14(9-17(18)25)24-20(27)28/h1-2,5-9,13,15,24H,3-4,10-11H2,(H,27,28)(H2,22,23,26). The second-order valence-electron chi connectivity index (χ2n) is 7.47. The molecule has 4 rings (SSSR count). The number of hydrogen-bond acceptors (Lipinski definition) is 5. The van der Waals surface area contributed by atoms with E-state index in [2.05, 4.69) is 16.0 Å². The van der Waals surface area contributed by atoms with Gasteiger partial charge >= 0.3 is 12.1 Å². The Morgan fingerprint density at radius 2 is 1.88 bits per heavy atom. The maximum atomic E-state index is 13.3. The van der Waals surface area contributed by atoms with Gasteiger partial charge in [0.05, 0.1) is 23.7 Å². The Bertz CT molecular complexity index is 1140. The Hall–Kier alpha value is -3.54. The van der Waals surface area contributed by atoms with Crippen LogP contribution >= 0.6 is 0 Å². The smallest absolute Gasteiger partial charge is 0.409 e. The van der Waals surface area contributed by atoms with Crippen LogP contribution in [0.1, 0.15) is 12.8 Å². The predicted molar refractivity (Wildman–Crippen MR) is 113 cm³/mol. The molecular weight excluding hydrogens is 443 g/mol. The lowest BCUT2D eigenvalue weighted by Gasteiger charge is -2.35. The summed E-state index contributed by atoms with van der Waals surface area (Å²) in [5.74, 6) is -0.379. The minimum Gasteiger partial charge on any atom is -0.484 e. The molecule has 4 N–H and O–H groups in total. The van der Waals surface area contributed by atoms with Gasteiger partial charge in [-0.3, -0.25) is 9.62 Å². The fourth-order valence-corrected chi connectivity index (χ4v) is 4.75. The zero-order chi connectivity index (χ0) is 22.9. The maximum Gasteiger partial charge on any atom is 0.409 e. The van der Waals surface area contributed by atoms with Crippen molar-refractivity contribution < 1.29 is 32.2 Å².